The zero-order valence-corrected chi connectivity index (χ0v) is 12.9. The van der Waals surface area contributed by atoms with E-state index in [9.17, 15) is 4.79 Å². The van der Waals surface area contributed by atoms with Crippen LogP contribution in [0.5, 0.6) is 0 Å². The van der Waals surface area contributed by atoms with Crippen molar-refractivity contribution >= 4 is 17.2 Å². The largest absolute Gasteiger partial charge is 0.355 e. The highest BCUT2D eigenvalue weighted by atomic mass is 32.1. The van der Waals surface area contributed by atoms with Crippen LogP contribution < -0.4 is 10.6 Å². The van der Waals surface area contributed by atoms with E-state index in [-0.39, 0.29) is 18.0 Å². The van der Waals surface area contributed by atoms with Crippen LogP contribution in [0.15, 0.2) is 11.6 Å². The van der Waals surface area contributed by atoms with Gasteiger partial charge in [-0.05, 0) is 19.8 Å². The number of thiazole rings is 1. The molecule has 1 aromatic heterocycles. The molecule has 5 heteroatoms. The summed E-state index contributed by atoms with van der Waals surface area (Å²) < 4.78 is 0. The monoisotopic (exact) mass is 283 g/mol. The smallest absolute Gasteiger partial charge is 0.236 e. The number of aromatic nitrogens is 1. The average molecular weight is 283 g/mol. The quantitative estimate of drug-likeness (QED) is 0.685. The van der Waals surface area contributed by atoms with E-state index < -0.39 is 0 Å². The Bertz CT molecular complexity index is 354. The van der Waals surface area contributed by atoms with Crippen molar-refractivity contribution in [3.8, 4) is 0 Å². The molecule has 1 aromatic rings. The Morgan fingerprint density at radius 3 is 2.79 bits per heavy atom. The standard InChI is InChI=1S/C14H25N3OS/c1-4-6-7-8-15-13(18)11(3)17-12(5-2)14-16-9-10-19-14/h9-12,17H,4-8H2,1-3H3,(H,15,18). The fourth-order valence-corrected chi connectivity index (χ4v) is 2.67. The lowest BCUT2D eigenvalue weighted by Crippen LogP contribution is -2.43. The van der Waals surface area contributed by atoms with Crippen LogP contribution in [0.4, 0.5) is 0 Å². The highest BCUT2D eigenvalue weighted by Crippen LogP contribution is 2.19. The highest BCUT2D eigenvalue weighted by molar-refractivity contribution is 7.09. The molecule has 1 rings (SSSR count). The number of carbonyl (C=O) groups is 1. The van der Waals surface area contributed by atoms with Gasteiger partial charge in [-0.15, -0.1) is 11.3 Å². The zero-order valence-electron chi connectivity index (χ0n) is 12.1. The molecule has 0 bridgehead atoms. The number of nitrogens with one attached hydrogen (secondary N) is 2. The lowest BCUT2D eigenvalue weighted by atomic mass is 10.2. The van der Waals surface area contributed by atoms with Gasteiger partial charge in [0.25, 0.3) is 0 Å². The molecule has 0 aliphatic rings. The van der Waals surface area contributed by atoms with E-state index in [1.807, 2.05) is 12.3 Å². The predicted octanol–water partition coefficient (Wildman–Crippen LogP) is 2.88. The number of amides is 1. The number of carbonyl (C=O) groups excluding carboxylic acids is 1. The molecule has 0 aromatic carbocycles. The van der Waals surface area contributed by atoms with Crippen molar-refractivity contribution in [1.29, 1.82) is 0 Å². The van der Waals surface area contributed by atoms with E-state index >= 15 is 0 Å². The third-order valence-corrected chi connectivity index (χ3v) is 3.97. The summed E-state index contributed by atoms with van der Waals surface area (Å²) in [5.41, 5.74) is 0. The van der Waals surface area contributed by atoms with Crippen molar-refractivity contribution in [2.24, 2.45) is 0 Å². The van der Waals surface area contributed by atoms with Crippen molar-refractivity contribution in [3.05, 3.63) is 16.6 Å². The Balaban J connectivity index is 2.35. The summed E-state index contributed by atoms with van der Waals surface area (Å²) in [6.07, 6.45) is 6.13. The maximum Gasteiger partial charge on any atom is 0.236 e. The molecule has 0 aliphatic heterocycles. The first kappa shape index (κ1) is 16.1. The summed E-state index contributed by atoms with van der Waals surface area (Å²) in [7, 11) is 0. The molecule has 4 nitrogen and oxygen atoms in total. The first-order chi connectivity index (χ1) is 9.19. The minimum Gasteiger partial charge on any atom is -0.355 e. The summed E-state index contributed by atoms with van der Waals surface area (Å²) in [4.78, 5) is 16.2. The van der Waals surface area contributed by atoms with Gasteiger partial charge < -0.3 is 5.32 Å². The Morgan fingerprint density at radius 1 is 1.42 bits per heavy atom. The fraction of sp³-hybridized carbons (Fsp3) is 0.714. The molecule has 0 radical (unpaired) electrons. The van der Waals surface area contributed by atoms with Crippen LogP contribution in [0.1, 0.15) is 57.5 Å². The van der Waals surface area contributed by atoms with Crippen LogP contribution in [0, 0.1) is 0 Å². The molecule has 2 unspecified atom stereocenters. The van der Waals surface area contributed by atoms with Gasteiger partial charge in [0.05, 0.1) is 12.1 Å². The molecule has 108 valence electrons. The molecule has 0 saturated heterocycles. The third-order valence-electron chi connectivity index (χ3n) is 3.08. The number of hydrogen-bond donors (Lipinski definition) is 2. The zero-order chi connectivity index (χ0) is 14.1. The minimum absolute atomic E-state index is 0.0751. The highest BCUT2D eigenvalue weighted by Gasteiger charge is 2.19. The second-order valence-electron chi connectivity index (χ2n) is 4.72. The topological polar surface area (TPSA) is 54.0 Å². The number of hydrogen-bond acceptors (Lipinski definition) is 4. The van der Waals surface area contributed by atoms with E-state index in [1.54, 1.807) is 17.5 Å². The van der Waals surface area contributed by atoms with Crippen molar-refractivity contribution in [3.63, 3.8) is 0 Å². The summed E-state index contributed by atoms with van der Waals surface area (Å²) in [5.74, 6) is 0.0751. The van der Waals surface area contributed by atoms with Gasteiger partial charge in [0.2, 0.25) is 5.91 Å². The van der Waals surface area contributed by atoms with Crippen LogP contribution in [0.3, 0.4) is 0 Å². The maximum atomic E-state index is 11.9. The molecule has 0 saturated carbocycles. The van der Waals surface area contributed by atoms with Crippen LogP contribution in [-0.2, 0) is 4.79 Å². The van der Waals surface area contributed by atoms with E-state index in [2.05, 4.69) is 29.5 Å². The minimum atomic E-state index is -0.185. The maximum absolute atomic E-state index is 11.9. The van der Waals surface area contributed by atoms with Gasteiger partial charge in [-0.2, -0.15) is 0 Å². The number of rotatable bonds is 9. The van der Waals surface area contributed by atoms with Crippen LogP contribution >= 0.6 is 11.3 Å². The van der Waals surface area contributed by atoms with Gasteiger partial charge in [0.1, 0.15) is 5.01 Å². The number of unbranched alkanes of at least 4 members (excludes halogenated alkanes) is 2. The van der Waals surface area contributed by atoms with E-state index in [1.165, 1.54) is 12.8 Å². The van der Waals surface area contributed by atoms with E-state index in [0.717, 1.165) is 24.4 Å². The van der Waals surface area contributed by atoms with E-state index in [4.69, 9.17) is 0 Å². The van der Waals surface area contributed by atoms with Gasteiger partial charge in [0, 0.05) is 18.1 Å². The summed E-state index contributed by atoms with van der Waals surface area (Å²) in [6.45, 7) is 6.94. The molecule has 0 fully saturated rings. The third kappa shape index (κ3) is 5.70. The van der Waals surface area contributed by atoms with E-state index in [0.29, 0.717) is 0 Å². The van der Waals surface area contributed by atoms with Crippen molar-refractivity contribution < 1.29 is 4.79 Å². The Kier molecular flexibility index (Phi) is 7.67. The SMILES string of the molecule is CCCCCNC(=O)C(C)NC(CC)c1nccs1. The second-order valence-corrected chi connectivity index (χ2v) is 5.64. The van der Waals surface area contributed by atoms with Crippen LogP contribution in [-0.4, -0.2) is 23.5 Å². The number of nitrogens with zero attached hydrogens (tertiary/aromatic N) is 1. The average Bonchev–Trinajstić information content (AvgIpc) is 2.94. The molecular formula is C14H25N3OS. The lowest BCUT2D eigenvalue weighted by molar-refractivity contribution is -0.122. The van der Waals surface area contributed by atoms with Crippen molar-refractivity contribution in [2.45, 2.75) is 58.5 Å². The first-order valence-electron chi connectivity index (χ1n) is 7.12. The predicted molar refractivity (Wildman–Crippen MR) is 80.3 cm³/mol. The summed E-state index contributed by atoms with van der Waals surface area (Å²) >= 11 is 1.63. The molecule has 1 amide bonds. The fourth-order valence-electron chi connectivity index (χ4n) is 1.89. The van der Waals surface area contributed by atoms with Crippen molar-refractivity contribution in [1.82, 2.24) is 15.6 Å². The van der Waals surface area contributed by atoms with Crippen LogP contribution in [0.2, 0.25) is 0 Å². The van der Waals surface area contributed by atoms with Gasteiger partial charge in [0.15, 0.2) is 0 Å². The molecule has 0 aliphatic carbocycles. The van der Waals surface area contributed by atoms with Crippen molar-refractivity contribution in [2.75, 3.05) is 6.54 Å². The molecule has 2 atom stereocenters. The lowest BCUT2D eigenvalue weighted by Gasteiger charge is -2.20. The second kappa shape index (κ2) is 9.04. The van der Waals surface area contributed by atoms with Gasteiger partial charge in [-0.25, -0.2) is 4.98 Å². The molecule has 0 spiro atoms. The molecule has 2 N–H and O–H groups in total. The summed E-state index contributed by atoms with van der Waals surface area (Å²) in [6, 6.07) is -0.0214. The van der Waals surface area contributed by atoms with Gasteiger partial charge >= 0.3 is 0 Å². The van der Waals surface area contributed by atoms with Gasteiger partial charge in [-0.3, -0.25) is 10.1 Å². The Hall–Kier alpha value is -0.940. The molecule has 19 heavy (non-hydrogen) atoms. The first-order valence-corrected chi connectivity index (χ1v) is 8.00. The Morgan fingerprint density at radius 2 is 2.21 bits per heavy atom. The Labute approximate surface area is 120 Å². The molecule has 1 heterocycles. The van der Waals surface area contributed by atoms with Gasteiger partial charge in [-0.1, -0.05) is 26.7 Å². The molecular weight excluding hydrogens is 258 g/mol. The summed E-state index contributed by atoms with van der Waals surface area (Å²) in [5, 5.41) is 9.34. The normalized spacial score (nSPS) is 14.1. The van der Waals surface area contributed by atoms with Crippen LogP contribution in [0.25, 0.3) is 0 Å².